The monoisotopic (exact) mass is 597 g/mol. The Balaban J connectivity index is 1.30. The zero-order chi connectivity index (χ0) is 30.6. The summed E-state index contributed by atoms with van der Waals surface area (Å²) in [5, 5.41) is 18.4. The maximum Gasteiger partial charge on any atom is 0.439 e. The molecule has 2 aromatic carbocycles. The van der Waals surface area contributed by atoms with Crippen molar-refractivity contribution in [3.8, 4) is 22.5 Å². The fourth-order valence-corrected chi connectivity index (χ4v) is 6.34. The second-order valence-electron chi connectivity index (χ2n) is 11.6. The molecule has 230 valence electrons. The van der Waals surface area contributed by atoms with Crippen LogP contribution in [0.2, 0.25) is 0 Å². The number of nitrogens with one attached hydrogen (secondary N) is 1. The molecule has 5 aromatic rings. The van der Waals surface area contributed by atoms with Gasteiger partial charge in [0.1, 0.15) is 5.65 Å². The first-order chi connectivity index (χ1) is 21.5. The van der Waals surface area contributed by atoms with Gasteiger partial charge in [-0.15, -0.1) is 0 Å². The van der Waals surface area contributed by atoms with E-state index in [1.165, 1.54) is 0 Å². The van der Waals surface area contributed by atoms with Crippen LogP contribution in [-0.2, 0) is 17.6 Å². The molecule has 3 heterocycles. The Hall–Kier alpha value is -4.28. The molecule has 1 aliphatic carbocycles. The predicted molar refractivity (Wildman–Crippen MR) is 168 cm³/mol. The third-order valence-corrected chi connectivity index (χ3v) is 8.71. The van der Waals surface area contributed by atoms with E-state index in [0.717, 1.165) is 77.7 Å². The molecule has 0 radical (unpaired) electrons. The first-order valence-electron chi connectivity index (χ1n) is 15.6. The second-order valence-corrected chi connectivity index (χ2v) is 11.6. The van der Waals surface area contributed by atoms with E-state index in [1.807, 2.05) is 58.5 Å². The molecular weight excluding hydrogens is 558 g/mol. The molecular formula is C34H39N5O5. The van der Waals surface area contributed by atoms with Crippen molar-refractivity contribution in [1.82, 2.24) is 24.3 Å². The summed E-state index contributed by atoms with van der Waals surface area (Å²) in [6.45, 7) is 4.43. The number of ether oxygens (including phenoxy) is 1. The Morgan fingerprint density at radius 2 is 1.77 bits per heavy atom. The number of aliphatic hydroxyl groups is 1. The molecule has 0 amide bonds. The van der Waals surface area contributed by atoms with Crippen molar-refractivity contribution in [2.75, 3.05) is 6.61 Å². The highest BCUT2D eigenvalue weighted by Gasteiger charge is 2.28. The number of aromatic nitrogens is 5. The summed E-state index contributed by atoms with van der Waals surface area (Å²) in [5.41, 5.74) is 6.31. The van der Waals surface area contributed by atoms with Gasteiger partial charge in [0.25, 0.3) is 5.56 Å². The Kier molecular flexibility index (Phi) is 8.90. The molecule has 1 fully saturated rings. The summed E-state index contributed by atoms with van der Waals surface area (Å²) in [6.07, 6.45) is 7.67. The number of benzene rings is 2. The van der Waals surface area contributed by atoms with Crippen LogP contribution in [0.4, 0.5) is 0 Å². The second kappa shape index (κ2) is 13.2. The third-order valence-electron chi connectivity index (χ3n) is 8.71. The standard InChI is InChI=1S/C34H39N5O5/c1-3-7-30-29(20-22-10-12-23(13-11-22)27-8-5-6-9-28(27)32-36-34(42)44-37-32)33(41)38(31-18-19-35-39(30)31)24-14-16-26(17-15-24)43-21-25(40)4-2/h5-6,8-13,18-19,24-26,40H,3-4,7,14-17,20-21H2,1-2H3,(H,36,37,42)/t24-,25?,26-. The smallest absolute Gasteiger partial charge is 0.391 e. The van der Waals surface area contributed by atoms with Crippen LogP contribution in [0.5, 0.6) is 0 Å². The van der Waals surface area contributed by atoms with Gasteiger partial charge < -0.3 is 9.84 Å². The molecule has 1 atom stereocenters. The first kappa shape index (κ1) is 29.8. The van der Waals surface area contributed by atoms with E-state index in [1.54, 1.807) is 6.20 Å². The van der Waals surface area contributed by atoms with E-state index >= 15 is 0 Å². The summed E-state index contributed by atoms with van der Waals surface area (Å²) in [4.78, 5) is 28.5. The van der Waals surface area contributed by atoms with Crippen LogP contribution < -0.4 is 11.3 Å². The molecule has 3 aromatic heterocycles. The highest BCUT2D eigenvalue weighted by molar-refractivity contribution is 5.80. The quantitative estimate of drug-likeness (QED) is 0.211. The molecule has 0 spiro atoms. The highest BCUT2D eigenvalue weighted by Crippen LogP contribution is 2.32. The van der Waals surface area contributed by atoms with Crippen LogP contribution in [0.3, 0.4) is 0 Å². The molecule has 0 saturated heterocycles. The number of aliphatic hydroxyl groups excluding tert-OH is 1. The van der Waals surface area contributed by atoms with Gasteiger partial charge in [-0.2, -0.15) is 5.10 Å². The van der Waals surface area contributed by atoms with Crippen molar-refractivity contribution >= 4 is 5.65 Å². The summed E-state index contributed by atoms with van der Waals surface area (Å²) in [6, 6.07) is 17.9. The first-order valence-corrected chi connectivity index (χ1v) is 15.6. The molecule has 1 aliphatic rings. The maximum atomic E-state index is 14.3. The lowest BCUT2D eigenvalue weighted by Crippen LogP contribution is -2.35. The van der Waals surface area contributed by atoms with Crippen LogP contribution in [0, 0.1) is 0 Å². The van der Waals surface area contributed by atoms with Crippen molar-refractivity contribution < 1.29 is 14.4 Å². The highest BCUT2D eigenvalue weighted by atomic mass is 16.5. The number of nitrogens with zero attached hydrogens (tertiary/aromatic N) is 4. The van der Waals surface area contributed by atoms with Crippen LogP contribution in [0.1, 0.15) is 75.2 Å². The molecule has 10 heteroatoms. The van der Waals surface area contributed by atoms with E-state index < -0.39 is 11.9 Å². The van der Waals surface area contributed by atoms with Crippen molar-refractivity contribution in [2.45, 2.75) is 83.5 Å². The average Bonchev–Trinajstić information content (AvgIpc) is 3.72. The molecule has 1 saturated carbocycles. The average molecular weight is 598 g/mol. The molecule has 1 unspecified atom stereocenters. The minimum atomic E-state index is -0.596. The lowest BCUT2D eigenvalue weighted by atomic mass is 9.92. The Bertz CT molecular complexity index is 1830. The summed E-state index contributed by atoms with van der Waals surface area (Å²) < 4.78 is 14.6. The van der Waals surface area contributed by atoms with Crippen LogP contribution in [0.25, 0.3) is 28.2 Å². The number of fused-ring (bicyclic) bond motifs is 1. The number of hydrogen-bond acceptors (Lipinski definition) is 7. The lowest BCUT2D eigenvalue weighted by molar-refractivity contribution is -0.0293. The van der Waals surface area contributed by atoms with Gasteiger partial charge in [-0.05, 0) is 55.2 Å². The zero-order valence-corrected chi connectivity index (χ0v) is 25.2. The van der Waals surface area contributed by atoms with Crippen LogP contribution in [-0.4, -0.2) is 48.2 Å². The molecule has 0 aliphatic heterocycles. The van der Waals surface area contributed by atoms with E-state index in [9.17, 15) is 14.7 Å². The van der Waals surface area contributed by atoms with E-state index in [0.29, 0.717) is 25.3 Å². The maximum absolute atomic E-state index is 14.3. The van der Waals surface area contributed by atoms with Gasteiger partial charge in [0.15, 0.2) is 5.82 Å². The normalized spacial score (nSPS) is 17.7. The summed E-state index contributed by atoms with van der Waals surface area (Å²) >= 11 is 0. The fraction of sp³-hybridized carbons (Fsp3) is 0.412. The molecule has 0 bridgehead atoms. The van der Waals surface area contributed by atoms with Gasteiger partial charge in [0.2, 0.25) is 0 Å². The molecule has 6 rings (SSSR count). The van der Waals surface area contributed by atoms with Crippen molar-refractivity contribution in [3.63, 3.8) is 0 Å². The van der Waals surface area contributed by atoms with Crippen molar-refractivity contribution in [1.29, 1.82) is 0 Å². The van der Waals surface area contributed by atoms with Crippen LogP contribution in [0.15, 0.2) is 74.9 Å². The third kappa shape index (κ3) is 6.05. The molecule has 10 nitrogen and oxygen atoms in total. The Labute approximate surface area is 255 Å². The molecule has 2 N–H and O–H groups in total. The minimum Gasteiger partial charge on any atom is -0.391 e. The van der Waals surface area contributed by atoms with Crippen molar-refractivity contribution in [3.05, 3.63) is 98.5 Å². The van der Waals surface area contributed by atoms with E-state index in [-0.39, 0.29) is 17.7 Å². The fourth-order valence-electron chi connectivity index (χ4n) is 6.34. The number of rotatable bonds is 11. The Morgan fingerprint density at radius 1 is 1.02 bits per heavy atom. The predicted octanol–water partition coefficient (Wildman–Crippen LogP) is 5.32. The minimum absolute atomic E-state index is 0.0524. The lowest BCUT2D eigenvalue weighted by Gasteiger charge is -2.31. The number of H-pyrrole nitrogens is 1. The van der Waals surface area contributed by atoms with Gasteiger partial charge >= 0.3 is 5.76 Å². The van der Waals surface area contributed by atoms with E-state index in [4.69, 9.17) is 9.26 Å². The topological polar surface area (TPSA) is 128 Å². The number of hydrogen-bond donors (Lipinski definition) is 2. The SMILES string of the molecule is CCCc1c(Cc2ccc(-c3ccccc3-c3noc(=O)[nH]3)cc2)c(=O)n([C@H]2CC[C@H](OCC(O)CC)CC2)c2ccnn12. The van der Waals surface area contributed by atoms with Gasteiger partial charge in [-0.3, -0.25) is 18.9 Å². The van der Waals surface area contributed by atoms with E-state index in [2.05, 4.69) is 34.3 Å². The molecule has 44 heavy (non-hydrogen) atoms. The Morgan fingerprint density at radius 3 is 2.45 bits per heavy atom. The van der Waals surface area contributed by atoms with Gasteiger partial charge in [-0.25, -0.2) is 9.31 Å². The number of aromatic amines is 1. The van der Waals surface area contributed by atoms with Gasteiger partial charge in [0.05, 0.1) is 30.7 Å². The summed E-state index contributed by atoms with van der Waals surface area (Å²) in [5.74, 6) is -0.216. The largest absolute Gasteiger partial charge is 0.439 e. The number of aryl methyl sites for hydroxylation is 1. The van der Waals surface area contributed by atoms with Gasteiger partial charge in [-0.1, -0.05) is 74.0 Å². The summed E-state index contributed by atoms with van der Waals surface area (Å²) in [7, 11) is 0. The van der Waals surface area contributed by atoms with Crippen molar-refractivity contribution in [2.24, 2.45) is 0 Å². The zero-order valence-electron chi connectivity index (χ0n) is 25.2. The van der Waals surface area contributed by atoms with Crippen LogP contribution >= 0.6 is 0 Å². The van der Waals surface area contributed by atoms with Gasteiger partial charge in [0, 0.05) is 29.7 Å².